The van der Waals surface area contributed by atoms with Gasteiger partial charge in [0.1, 0.15) is 16.7 Å². The SMILES string of the molecule is CC(=O)Nc1cccc(CN2C(=O)[C@H]3N(C(=O)[C@@H](O)[C@H](Cc4ccccc4)NC(=O)c4cccc(O)c4C)CSC32C)c1. The van der Waals surface area contributed by atoms with Gasteiger partial charge in [0.05, 0.1) is 11.9 Å². The fourth-order valence-electron chi connectivity index (χ4n) is 5.66. The number of likely N-dealkylation sites (tertiary alicyclic amines) is 1. The first kappa shape index (κ1) is 30.1. The van der Waals surface area contributed by atoms with E-state index >= 15 is 0 Å². The third-order valence-corrected chi connectivity index (χ3v) is 9.46. The van der Waals surface area contributed by atoms with Crippen molar-refractivity contribution in [3.8, 4) is 5.75 Å². The molecular weight excluding hydrogens is 568 g/mol. The number of thioether (sulfide) groups is 1. The number of amides is 4. The minimum Gasteiger partial charge on any atom is -0.508 e. The summed E-state index contributed by atoms with van der Waals surface area (Å²) in [6.45, 7) is 5.24. The molecule has 1 unspecified atom stereocenters. The van der Waals surface area contributed by atoms with E-state index in [2.05, 4.69) is 10.6 Å². The number of anilines is 1. The van der Waals surface area contributed by atoms with E-state index in [1.165, 1.54) is 29.7 Å². The number of phenolic OH excluding ortho intramolecular Hbond substituents is 1. The van der Waals surface area contributed by atoms with Gasteiger partial charge < -0.3 is 30.6 Å². The Morgan fingerprint density at radius 2 is 1.74 bits per heavy atom. The quantitative estimate of drug-likeness (QED) is 0.276. The summed E-state index contributed by atoms with van der Waals surface area (Å²) in [7, 11) is 0. The largest absolute Gasteiger partial charge is 0.508 e. The molecule has 2 aliphatic rings. The van der Waals surface area contributed by atoms with Crippen LogP contribution in [0, 0.1) is 6.92 Å². The van der Waals surface area contributed by atoms with Crippen LogP contribution in [0.3, 0.4) is 0 Å². The molecule has 224 valence electrons. The number of fused-ring (bicyclic) bond motifs is 1. The third-order valence-electron chi connectivity index (χ3n) is 8.02. The molecule has 0 radical (unpaired) electrons. The fourth-order valence-corrected chi connectivity index (χ4v) is 7.03. The number of benzene rings is 3. The molecule has 3 aromatic rings. The van der Waals surface area contributed by atoms with Crippen LogP contribution in [0.1, 0.15) is 40.9 Å². The van der Waals surface area contributed by atoms with E-state index in [-0.39, 0.29) is 35.4 Å². The second kappa shape index (κ2) is 12.1. The molecule has 0 bridgehead atoms. The fraction of sp³-hybridized carbons (Fsp3) is 0.312. The average Bonchev–Trinajstić information content (AvgIpc) is 3.30. The number of nitrogens with one attached hydrogen (secondary N) is 2. The number of aromatic hydroxyl groups is 1. The summed E-state index contributed by atoms with van der Waals surface area (Å²) >= 11 is 1.44. The molecule has 3 aromatic carbocycles. The van der Waals surface area contributed by atoms with Gasteiger partial charge in [0.25, 0.3) is 11.8 Å². The molecule has 11 heteroatoms. The summed E-state index contributed by atoms with van der Waals surface area (Å²) in [5, 5.41) is 27.0. The van der Waals surface area contributed by atoms with Crippen molar-refractivity contribution in [2.24, 2.45) is 0 Å². The van der Waals surface area contributed by atoms with Crippen LogP contribution in [0.2, 0.25) is 0 Å². The van der Waals surface area contributed by atoms with Gasteiger partial charge in [-0.05, 0) is 55.7 Å². The van der Waals surface area contributed by atoms with Gasteiger partial charge in [-0.15, -0.1) is 11.8 Å². The van der Waals surface area contributed by atoms with Gasteiger partial charge >= 0.3 is 0 Å². The maximum atomic E-state index is 13.8. The molecule has 5 rings (SSSR count). The zero-order valence-electron chi connectivity index (χ0n) is 24.1. The van der Waals surface area contributed by atoms with E-state index in [9.17, 15) is 29.4 Å². The Bertz CT molecular complexity index is 1570. The Balaban J connectivity index is 1.33. The maximum absolute atomic E-state index is 13.8. The van der Waals surface area contributed by atoms with Gasteiger partial charge in [0.2, 0.25) is 11.8 Å². The number of phenols is 1. The van der Waals surface area contributed by atoms with Crippen LogP contribution in [-0.2, 0) is 27.3 Å². The van der Waals surface area contributed by atoms with Gasteiger partial charge in [-0.1, -0.05) is 48.5 Å². The Hall–Kier alpha value is -4.35. The second-order valence-electron chi connectivity index (χ2n) is 11.0. The van der Waals surface area contributed by atoms with Gasteiger partial charge in [-0.25, -0.2) is 0 Å². The Morgan fingerprint density at radius 3 is 2.47 bits per heavy atom. The van der Waals surface area contributed by atoms with E-state index in [0.717, 1.165) is 11.1 Å². The molecule has 2 fully saturated rings. The zero-order chi connectivity index (χ0) is 30.9. The lowest BCUT2D eigenvalue weighted by atomic mass is 9.92. The van der Waals surface area contributed by atoms with Crippen LogP contribution >= 0.6 is 11.8 Å². The summed E-state index contributed by atoms with van der Waals surface area (Å²) in [6.07, 6.45) is -1.45. The van der Waals surface area contributed by atoms with Crippen molar-refractivity contribution in [2.75, 3.05) is 11.2 Å². The molecule has 4 amide bonds. The Labute approximate surface area is 254 Å². The van der Waals surface area contributed by atoms with Gasteiger partial charge in [0.15, 0.2) is 6.10 Å². The molecule has 0 aliphatic carbocycles. The number of aliphatic hydroxyl groups excluding tert-OH is 1. The number of rotatable bonds is 9. The van der Waals surface area contributed by atoms with Crippen LogP contribution in [-0.4, -0.2) is 72.6 Å². The number of aliphatic hydroxyl groups is 1. The van der Waals surface area contributed by atoms with Crippen molar-refractivity contribution in [3.63, 3.8) is 0 Å². The minimum atomic E-state index is -1.62. The highest BCUT2D eigenvalue weighted by Crippen LogP contribution is 2.51. The minimum absolute atomic E-state index is 0.0350. The van der Waals surface area contributed by atoms with Crippen molar-refractivity contribution in [3.05, 3.63) is 95.1 Å². The summed E-state index contributed by atoms with van der Waals surface area (Å²) < 4.78 is 0. The first-order valence-corrected chi connectivity index (χ1v) is 14.9. The van der Waals surface area contributed by atoms with E-state index in [4.69, 9.17) is 0 Å². The first-order valence-electron chi connectivity index (χ1n) is 13.9. The summed E-state index contributed by atoms with van der Waals surface area (Å²) in [5.41, 5.74) is 2.88. The summed E-state index contributed by atoms with van der Waals surface area (Å²) in [6, 6.07) is 19.3. The van der Waals surface area contributed by atoms with E-state index in [1.807, 2.05) is 49.4 Å². The van der Waals surface area contributed by atoms with Crippen molar-refractivity contribution in [1.29, 1.82) is 0 Å². The highest BCUT2D eigenvalue weighted by Gasteiger charge is 2.65. The average molecular weight is 603 g/mol. The third kappa shape index (κ3) is 5.95. The standard InChI is InChI=1S/C32H34N4O6S/c1-19-24(13-8-14-26(19)38)29(40)34-25(16-21-9-5-4-6-10-21)27(39)30(41)35-18-43-32(3)28(35)31(42)36(32)17-22-11-7-12-23(15-22)33-20(2)37/h4-15,25,27-28,38-39H,16-18H2,1-3H3,(H,33,37)(H,34,40)/t25-,27-,28+,32?/m0/s1. The van der Waals surface area contributed by atoms with Crippen LogP contribution in [0.4, 0.5) is 5.69 Å². The predicted octanol–water partition coefficient (Wildman–Crippen LogP) is 3.02. The molecule has 4 N–H and O–H groups in total. The molecule has 2 heterocycles. The molecule has 0 spiro atoms. The van der Waals surface area contributed by atoms with Crippen LogP contribution in [0.5, 0.6) is 5.75 Å². The monoisotopic (exact) mass is 602 g/mol. The van der Waals surface area contributed by atoms with Crippen LogP contribution in [0.25, 0.3) is 0 Å². The molecule has 10 nitrogen and oxygen atoms in total. The maximum Gasteiger partial charge on any atom is 0.255 e. The number of β-lactam (4-membered cyclic amide) rings is 1. The van der Waals surface area contributed by atoms with Crippen LogP contribution < -0.4 is 10.6 Å². The summed E-state index contributed by atoms with van der Waals surface area (Å²) in [4.78, 5) is 54.3. The molecule has 0 saturated carbocycles. The molecular formula is C32H34N4O6S. The van der Waals surface area contributed by atoms with Gasteiger partial charge in [-0.2, -0.15) is 0 Å². The molecule has 2 aliphatic heterocycles. The smallest absolute Gasteiger partial charge is 0.255 e. The molecule has 4 atom stereocenters. The second-order valence-corrected chi connectivity index (χ2v) is 12.4. The normalized spacial score (nSPS) is 20.6. The van der Waals surface area contributed by atoms with Gasteiger partial charge in [-0.3, -0.25) is 19.2 Å². The first-order chi connectivity index (χ1) is 20.5. The Morgan fingerprint density at radius 1 is 1.05 bits per heavy atom. The lowest BCUT2D eigenvalue weighted by Crippen LogP contribution is -2.73. The van der Waals surface area contributed by atoms with Crippen molar-refractivity contribution in [2.45, 2.75) is 56.8 Å². The molecule has 43 heavy (non-hydrogen) atoms. The number of carbonyl (C=O) groups is 4. The van der Waals surface area contributed by atoms with E-state index in [1.54, 1.807) is 36.1 Å². The number of nitrogens with zero attached hydrogens (tertiary/aromatic N) is 2. The molecule has 0 aromatic heterocycles. The highest BCUT2D eigenvalue weighted by atomic mass is 32.2. The predicted molar refractivity (Wildman–Crippen MR) is 163 cm³/mol. The summed E-state index contributed by atoms with van der Waals surface area (Å²) in [5.74, 6) is -1.45. The number of carbonyl (C=O) groups excluding carboxylic acids is 4. The topological polar surface area (TPSA) is 139 Å². The van der Waals surface area contributed by atoms with Crippen LogP contribution in [0.15, 0.2) is 72.8 Å². The van der Waals surface area contributed by atoms with Crippen molar-refractivity contribution >= 4 is 41.1 Å². The molecule has 2 saturated heterocycles. The lowest BCUT2D eigenvalue weighted by molar-refractivity contribution is -0.168. The lowest BCUT2D eigenvalue weighted by Gasteiger charge is -2.52. The van der Waals surface area contributed by atoms with Crippen molar-refractivity contribution < 1.29 is 29.4 Å². The zero-order valence-corrected chi connectivity index (χ0v) is 24.9. The number of hydrogen-bond donors (Lipinski definition) is 4. The number of hydrogen-bond acceptors (Lipinski definition) is 7. The van der Waals surface area contributed by atoms with Gasteiger partial charge in [0, 0.05) is 30.3 Å². The Kier molecular flexibility index (Phi) is 8.48. The van der Waals surface area contributed by atoms with E-state index < -0.39 is 34.9 Å². The van der Waals surface area contributed by atoms with Crippen molar-refractivity contribution in [1.82, 2.24) is 15.1 Å². The van der Waals surface area contributed by atoms with E-state index in [0.29, 0.717) is 17.8 Å². The highest BCUT2D eigenvalue weighted by molar-refractivity contribution is 8.01.